The van der Waals surface area contributed by atoms with E-state index in [9.17, 15) is 0 Å². The molecule has 2 fully saturated rings. The van der Waals surface area contributed by atoms with E-state index in [1.165, 1.54) is 6.33 Å². The first kappa shape index (κ1) is 26.5. The van der Waals surface area contributed by atoms with E-state index in [0.29, 0.717) is 62.3 Å². The molecule has 0 unspecified atom stereocenters. The van der Waals surface area contributed by atoms with Crippen LogP contribution in [0.1, 0.15) is 0 Å². The first-order valence-corrected chi connectivity index (χ1v) is 12.4. The second kappa shape index (κ2) is 11.6. The molecule has 2 saturated heterocycles. The van der Waals surface area contributed by atoms with Crippen molar-refractivity contribution in [2.75, 3.05) is 51.9 Å². The Hall–Kier alpha value is -1.59. The number of anilines is 2. The molecule has 3 heterocycles. The monoisotopic (exact) mass is 604 g/mol. The second-order valence-corrected chi connectivity index (χ2v) is 9.69. The van der Waals surface area contributed by atoms with E-state index in [-0.39, 0.29) is 18.5 Å². The van der Waals surface area contributed by atoms with Gasteiger partial charge in [-0.2, -0.15) is 0 Å². The number of fused-ring (bicyclic) bond motifs is 2. The van der Waals surface area contributed by atoms with E-state index in [1.807, 2.05) is 24.3 Å². The minimum atomic E-state index is -0.0262. The Kier molecular flexibility index (Phi) is 8.80. The molecule has 2 atom stereocenters. The van der Waals surface area contributed by atoms with E-state index in [0.717, 1.165) is 31.7 Å². The Labute approximate surface area is 227 Å². The van der Waals surface area contributed by atoms with Gasteiger partial charge in [0.1, 0.15) is 24.9 Å². The number of aromatic nitrogens is 2. The van der Waals surface area contributed by atoms with Crippen LogP contribution in [0.15, 0.2) is 35.1 Å². The summed E-state index contributed by atoms with van der Waals surface area (Å²) in [5, 5.41) is 4.82. The molecule has 0 radical (unpaired) electrons. The van der Waals surface area contributed by atoms with Crippen molar-refractivity contribution in [1.29, 1.82) is 0 Å². The summed E-state index contributed by atoms with van der Waals surface area (Å²) in [7, 11) is 1.60. The summed E-state index contributed by atoms with van der Waals surface area (Å²) in [6, 6.07) is 7.67. The number of morpholine rings is 2. The highest BCUT2D eigenvalue weighted by molar-refractivity contribution is 9.10. The fourth-order valence-corrected chi connectivity index (χ4v) is 4.94. The normalized spacial score (nSPS) is 20.1. The van der Waals surface area contributed by atoms with Gasteiger partial charge in [-0.3, -0.25) is 4.90 Å². The molecule has 1 aromatic heterocycles. The van der Waals surface area contributed by atoms with Crippen LogP contribution in [-0.2, 0) is 9.47 Å². The summed E-state index contributed by atoms with van der Waals surface area (Å²) in [5.41, 5.74) is 1.33. The van der Waals surface area contributed by atoms with Crippen LogP contribution in [0.5, 0.6) is 11.5 Å². The summed E-state index contributed by atoms with van der Waals surface area (Å²) in [5.74, 6) is 1.74. The van der Waals surface area contributed by atoms with Crippen LogP contribution in [0.3, 0.4) is 0 Å². The molecule has 5 rings (SSSR count). The molecule has 2 aliphatic heterocycles. The number of methoxy groups -OCH3 is 1. The van der Waals surface area contributed by atoms with Gasteiger partial charge in [-0.25, -0.2) is 9.97 Å². The SMILES string of the molecule is COc1cc2c(Nc3ccc(Br)c(Cl)c3Cl)ncnc2cc1OC[C@@H]1CN2CCOC[C@H]2CO1.Cl. The molecule has 8 nitrogen and oxygen atoms in total. The van der Waals surface area contributed by atoms with Gasteiger partial charge in [0.05, 0.1) is 54.2 Å². The molecule has 0 aliphatic carbocycles. The second-order valence-electron chi connectivity index (χ2n) is 8.08. The van der Waals surface area contributed by atoms with Gasteiger partial charge < -0.3 is 24.3 Å². The van der Waals surface area contributed by atoms with E-state index in [1.54, 1.807) is 7.11 Å². The summed E-state index contributed by atoms with van der Waals surface area (Å²) in [6.07, 6.45) is 1.46. The number of nitrogens with one attached hydrogen (secondary N) is 1. The van der Waals surface area contributed by atoms with Crippen LogP contribution in [-0.4, -0.2) is 73.6 Å². The number of hydrogen-bond donors (Lipinski definition) is 1. The molecule has 0 saturated carbocycles. The van der Waals surface area contributed by atoms with Crippen LogP contribution in [0.4, 0.5) is 11.5 Å². The highest BCUT2D eigenvalue weighted by Gasteiger charge is 2.31. The molecular weight excluding hydrogens is 583 g/mol. The van der Waals surface area contributed by atoms with E-state index >= 15 is 0 Å². The molecule has 3 aromatic rings. The lowest BCUT2D eigenvalue weighted by atomic mass is 10.1. The Morgan fingerprint density at radius 3 is 2.86 bits per heavy atom. The molecule has 0 bridgehead atoms. The summed E-state index contributed by atoms with van der Waals surface area (Å²) in [4.78, 5) is 11.2. The maximum atomic E-state index is 6.41. The summed E-state index contributed by atoms with van der Waals surface area (Å²) in [6.45, 7) is 4.28. The lowest BCUT2D eigenvalue weighted by Gasteiger charge is -2.41. The van der Waals surface area contributed by atoms with Gasteiger partial charge in [0.25, 0.3) is 0 Å². The Morgan fingerprint density at radius 2 is 2.03 bits per heavy atom. The first-order chi connectivity index (χ1) is 16.5. The minimum Gasteiger partial charge on any atom is -0.493 e. The van der Waals surface area contributed by atoms with Crippen molar-refractivity contribution < 1.29 is 18.9 Å². The standard InChI is InChI=1S/C23H23BrCl2N4O4.ClH/c1-31-19-6-15-18(27-12-28-23(15)29-17-3-2-16(24)21(25)22(17)26)7-20(19)34-11-14-8-30-4-5-32-9-13(30)10-33-14;/h2-3,6-7,12-14H,4-5,8-11H2,1H3,(H,27,28,29);1H/t13-,14-;/m0./s1. The molecule has 188 valence electrons. The van der Waals surface area contributed by atoms with Gasteiger partial charge in [0.2, 0.25) is 0 Å². The minimum absolute atomic E-state index is 0. The van der Waals surface area contributed by atoms with Crippen LogP contribution in [0.2, 0.25) is 10.0 Å². The maximum Gasteiger partial charge on any atom is 0.163 e. The molecule has 12 heteroatoms. The van der Waals surface area contributed by atoms with Crippen LogP contribution in [0, 0.1) is 0 Å². The van der Waals surface area contributed by atoms with Crippen molar-refractivity contribution >= 4 is 73.9 Å². The zero-order valence-corrected chi connectivity index (χ0v) is 22.7. The van der Waals surface area contributed by atoms with Gasteiger partial charge in [0, 0.05) is 29.0 Å². The first-order valence-electron chi connectivity index (χ1n) is 10.8. The van der Waals surface area contributed by atoms with Crippen molar-refractivity contribution in [2.45, 2.75) is 12.1 Å². The van der Waals surface area contributed by atoms with Crippen molar-refractivity contribution in [2.24, 2.45) is 0 Å². The third-order valence-corrected chi connectivity index (χ3v) is 7.72. The Bertz CT molecular complexity index is 1210. The average molecular weight is 607 g/mol. The van der Waals surface area contributed by atoms with Crippen molar-refractivity contribution in [3.63, 3.8) is 0 Å². The fraction of sp³-hybridized carbons (Fsp3) is 0.391. The molecule has 2 aromatic carbocycles. The third-order valence-electron chi connectivity index (χ3n) is 5.95. The number of halogens is 4. The van der Waals surface area contributed by atoms with E-state index < -0.39 is 0 Å². The molecule has 0 spiro atoms. The van der Waals surface area contributed by atoms with E-state index in [2.05, 4.69) is 36.1 Å². The molecule has 2 aliphatic rings. The molecule has 35 heavy (non-hydrogen) atoms. The highest BCUT2D eigenvalue weighted by atomic mass is 79.9. The number of nitrogens with zero attached hydrogens (tertiary/aromatic N) is 3. The smallest absolute Gasteiger partial charge is 0.163 e. The zero-order chi connectivity index (χ0) is 23.7. The number of hydrogen-bond acceptors (Lipinski definition) is 8. The Morgan fingerprint density at radius 1 is 1.17 bits per heavy atom. The number of ether oxygens (including phenoxy) is 4. The molecule has 0 amide bonds. The quantitative estimate of drug-likeness (QED) is 0.377. The van der Waals surface area contributed by atoms with Crippen LogP contribution < -0.4 is 14.8 Å². The van der Waals surface area contributed by atoms with Crippen molar-refractivity contribution in [3.8, 4) is 11.5 Å². The predicted molar refractivity (Wildman–Crippen MR) is 142 cm³/mol. The average Bonchev–Trinajstić information content (AvgIpc) is 2.87. The summed E-state index contributed by atoms with van der Waals surface area (Å²) >= 11 is 16.0. The van der Waals surface area contributed by atoms with Gasteiger partial charge in [-0.1, -0.05) is 23.2 Å². The molecular formula is C23H24BrCl3N4O4. The lowest BCUT2D eigenvalue weighted by Crippen LogP contribution is -2.56. The summed E-state index contributed by atoms with van der Waals surface area (Å²) < 4.78 is 24.0. The van der Waals surface area contributed by atoms with Crippen LogP contribution >= 0.6 is 51.5 Å². The number of rotatable bonds is 6. The topological polar surface area (TPSA) is 78.0 Å². The predicted octanol–water partition coefficient (Wildman–Crippen LogP) is 5.35. The maximum absolute atomic E-state index is 6.41. The molecule has 1 N–H and O–H groups in total. The van der Waals surface area contributed by atoms with Gasteiger partial charge in [-0.15, -0.1) is 12.4 Å². The van der Waals surface area contributed by atoms with Crippen LogP contribution in [0.25, 0.3) is 10.9 Å². The third kappa shape index (κ3) is 5.72. The van der Waals surface area contributed by atoms with Crippen molar-refractivity contribution in [1.82, 2.24) is 14.9 Å². The Balaban J connectivity index is 0.00000289. The highest BCUT2D eigenvalue weighted by Crippen LogP contribution is 2.39. The lowest BCUT2D eigenvalue weighted by molar-refractivity contribution is -0.124. The number of benzene rings is 2. The van der Waals surface area contributed by atoms with Gasteiger partial charge >= 0.3 is 0 Å². The van der Waals surface area contributed by atoms with Gasteiger partial charge in [-0.05, 0) is 34.1 Å². The van der Waals surface area contributed by atoms with Crippen molar-refractivity contribution in [3.05, 3.63) is 45.1 Å². The van der Waals surface area contributed by atoms with E-state index in [4.69, 9.17) is 42.1 Å². The zero-order valence-electron chi connectivity index (χ0n) is 18.8. The largest absolute Gasteiger partial charge is 0.493 e. The van der Waals surface area contributed by atoms with Gasteiger partial charge in [0.15, 0.2) is 11.5 Å². The fourth-order valence-electron chi connectivity index (χ4n) is 4.11.